The van der Waals surface area contributed by atoms with E-state index in [2.05, 4.69) is 45.2 Å². The molecule has 0 spiro atoms. The summed E-state index contributed by atoms with van der Waals surface area (Å²) in [7, 11) is 0. The standard InChI is InChI=1S/C9H7ClI2O2/c1-2-14-9(13)8-6(10)3-5(11)4-7(8)12/h3-4H,2H2,1H3. The highest BCUT2D eigenvalue weighted by atomic mass is 127. The molecule has 0 unspecified atom stereocenters. The average molecular weight is 436 g/mol. The van der Waals surface area contributed by atoms with Crippen LogP contribution in [0.25, 0.3) is 0 Å². The molecular weight excluding hydrogens is 429 g/mol. The van der Waals surface area contributed by atoms with E-state index in [4.69, 9.17) is 16.3 Å². The molecule has 14 heavy (non-hydrogen) atoms. The van der Waals surface area contributed by atoms with Gasteiger partial charge in [-0.05, 0) is 64.2 Å². The van der Waals surface area contributed by atoms with Gasteiger partial charge in [-0.15, -0.1) is 0 Å². The third kappa shape index (κ3) is 2.96. The van der Waals surface area contributed by atoms with Gasteiger partial charge < -0.3 is 4.74 Å². The van der Waals surface area contributed by atoms with E-state index in [1.165, 1.54) is 0 Å². The zero-order valence-electron chi connectivity index (χ0n) is 7.31. The molecule has 5 heteroatoms. The van der Waals surface area contributed by atoms with Crippen LogP contribution in [0.15, 0.2) is 12.1 Å². The molecule has 0 aromatic heterocycles. The van der Waals surface area contributed by atoms with Crippen LogP contribution in [0.1, 0.15) is 17.3 Å². The number of ether oxygens (including phenoxy) is 1. The van der Waals surface area contributed by atoms with Gasteiger partial charge in [-0.3, -0.25) is 0 Å². The third-order valence-corrected chi connectivity index (χ3v) is 3.26. The van der Waals surface area contributed by atoms with Crippen molar-refractivity contribution in [3.8, 4) is 0 Å². The van der Waals surface area contributed by atoms with Crippen LogP contribution in [0.3, 0.4) is 0 Å². The van der Waals surface area contributed by atoms with Crippen LogP contribution >= 0.6 is 56.8 Å². The Kier molecular flexibility index (Phi) is 4.92. The zero-order valence-corrected chi connectivity index (χ0v) is 12.4. The van der Waals surface area contributed by atoms with E-state index < -0.39 is 0 Å². The molecule has 0 amide bonds. The Bertz CT molecular complexity index is 343. The molecule has 0 heterocycles. The Morgan fingerprint density at radius 2 is 2.14 bits per heavy atom. The molecule has 0 aliphatic rings. The molecule has 0 N–H and O–H groups in total. The van der Waals surface area contributed by atoms with E-state index in [1.54, 1.807) is 13.0 Å². The monoisotopic (exact) mass is 436 g/mol. The molecule has 1 aromatic rings. The first kappa shape index (κ1) is 12.5. The molecule has 0 aliphatic carbocycles. The molecule has 1 aromatic carbocycles. The van der Waals surface area contributed by atoms with Gasteiger partial charge in [-0.2, -0.15) is 0 Å². The molecule has 76 valence electrons. The topological polar surface area (TPSA) is 26.3 Å². The maximum atomic E-state index is 11.5. The molecule has 0 fully saturated rings. The predicted octanol–water partition coefficient (Wildman–Crippen LogP) is 3.73. The Balaban J connectivity index is 3.14. The van der Waals surface area contributed by atoms with Crippen LogP contribution in [-0.4, -0.2) is 12.6 Å². The Hall–Kier alpha value is 0.440. The molecule has 0 aliphatic heterocycles. The van der Waals surface area contributed by atoms with Crippen molar-refractivity contribution in [3.05, 3.63) is 29.9 Å². The van der Waals surface area contributed by atoms with Crippen molar-refractivity contribution in [2.75, 3.05) is 6.61 Å². The van der Waals surface area contributed by atoms with Gasteiger partial charge in [0.15, 0.2) is 0 Å². The zero-order chi connectivity index (χ0) is 10.7. The van der Waals surface area contributed by atoms with Gasteiger partial charge in [0.05, 0.1) is 17.2 Å². The number of benzene rings is 1. The Labute approximate surface area is 115 Å². The summed E-state index contributed by atoms with van der Waals surface area (Å²) < 4.78 is 6.72. The number of hydrogen-bond acceptors (Lipinski definition) is 2. The molecule has 0 atom stereocenters. The smallest absolute Gasteiger partial charge is 0.340 e. The fourth-order valence-corrected chi connectivity index (χ4v) is 3.65. The summed E-state index contributed by atoms with van der Waals surface area (Å²) in [6, 6.07) is 3.63. The summed E-state index contributed by atoms with van der Waals surface area (Å²) in [6.45, 7) is 2.13. The minimum atomic E-state index is -0.363. The number of esters is 1. The first-order valence-electron chi connectivity index (χ1n) is 3.88. The van der Waals surface area contributed by atoms with Crippen molar-refractivity contribution >= 4 is 62.8 Å². The van der Waals surface area contributed by atoms with Crippen LogP contribution in [0.5, 0.6) is 0 Å². The molecule has 0 bridgehead atoms. The van der Waals surface area contributed by atoms with Crippen LogP contribution in [0.4, 0.5) is 0 Å². The van der Waals surface area contributed by atoms with E-state index >= 15 is 0 Å². The number of rotatable bonds is 2. The first-order chi connectivity index (χ1) is 6.56. The fourth-order valence-electron chi connectivity index (χ4n) is 0.940. The average Bonchev–Trinajstić information content (AvgIpc) is 2.01. The summed E-state index contributed by atoms with van der Waals surface area (Å²) in [5, 5.41) is 0.444. The molecule has 1 rings (SSSR count). The minimum absolute atomic E-state index is 0.358. The second kappa shape index (κ2) is 5.50. The van der Waals surface area contributed by atoms with Gasteiger partial charge in [-0.1, -0.05) is 11.6 Å². The van der Waals surface area contributed by atoms with Gasteiger partial charge >= 0.3 is 5.97 Å². The lowest BCUT2D eigenvalue weighted by molar-refractivity contribution is 0.0525. The highest BCUT2D eigenvalue weighted by molar-refractivity contribution is 14.1. The third-order valence-electron chi connectivity index (χ3n) is 1.49. The van der Waals surface area contributed by atoms with E-state index in [9.17, 15) is 4.79 Å². The largest absolute Gasteiger partial charge is 0.462 e. The number of halogens is 3. The van der Waals surface area contributed by atoms with E-state index in [0.717, 1.165) is 7.14 Å². The summed E-state index contributed by atoms with van der Waals surface area (Å²) in [6.07, 6.45) is 0. The first-order valence-corrected chi connectivity index (χ1v) is 6.41. The molecule has 0 saturated carbocycles. The van der Waals surface area contributed by atoms with Crippen LogP contribution in [0, 0.1) is 7.14 Å². The second-order valence-electron chi connectivity index (χ2n) is 2.46. The maximum Gasteiger partial charge on any atom is 0.340 e. The number of hydrogen-bond donors (Lipinski definition) is 0. The minimum Gasteiger partial charge on any atom is -0.462 e. The summed E-state index contributed by atoms with van der Waals surface area (Å²) in [5.41, 5.74) is 0.453. The summed E-state index contributed by atoms with van der Waals surface area (Å²) in [5.74, 6) is -0.363. The number of carbonyl (C=O) groups is 1. The lowest BCUT2D eigenvalue weighted by atomic mass is 10.2. The lowest BCUT2D eigenvalue weighted by Gasteiger charge is -2.06. The van der Waals surface area contributed by atoms with Crippen LogP contribution in [0.2, 0.25) is 5.02 Å². The van der Waals surface area contributed by atoms with Gasteiger partial charge in [0, 0.05) is 7.14 Å². The van der Waals surface area contributed by atoms with Gasteiger partial charge in [0.1, 0.15) is 0 Å². The SMILES string of the molecule is CCOC(=O)c1c(Cl)cc(I)cc1I. The predicted molar refractivity (Wildman–Crippen MR) is 72.8 cm³/mol. The molecule has 0 saturated heterocycles. The summed E-state index contributed by atoms with van der Waals surface area (Å²) in [4.78, 5) is 11.5. The normalized spacial score (nSPS) is 10.0. The highest BCUT2D eigenvalue weighted by Crippen LogP contribution is 2.25. The van der Waals surface area contributed by atoms with Crippen molar-refractivity contribution in [2.24, 2.45) is 0 Å². The van der Waals surface area contributed by atoms with E-state index in [1.807, 2.05) is 6.07 Å². The maximum absolute atomic E-state index is 11.5. The Morgan fingerprint density at radius 1 is 1.50 bits per heavy atom. The van der Waals surface area contributed by atoms with E-state index in [-0.39, 0.29) is 5.97 Å². The molecule has 0 radical (unpaired) electrons. The molecular formula is C9H7ClI2O2. The highest BCUT2D eigenvalue weighted by Gasteiger charge is 2.15. The van der Waals surface area contributed by atoms with E-state index in [0.29, 0.717) is 17.2 Å². The second-order valence-corrected chi connectivity index (χ2v) is 5.28. The Morgan fingerprint density at radius 3 is 2.64 bits per heavy atom. The van der Waals surface area contributed by atoms with Gasteiger partial charge in [0.2, 0.25) is 0 Å². The van der Waals surface area contributed by atoms with Crippen LogP contribution in [-0.2, 0) is 4.74 Å². The summed E-state index contributed by atoms with van der Waals surface area (Å²) >= 11 is 10.2. The van der Waals surface area contributed by atoms with Crippen molar-refractivity contribution < 1.29 is 9.53 Å². The fraction of sp³-hybridized carbons (Fsp3) is 0.222. The van der Waals surface area contributed by atoms with Crippen LogP contribution < -0.4 is 0 Å². The van der Waals surface area contributed by atoms with Gasteiger partial charge in [-0.25, -0.2) is 4.79 Å². The lowest BCUT2D eigenvalue weighted by Crippen LogP contribution is -2.07. The number of carbonyl (C=O) groups excluding carboxylic acids is 1. The quantitative estimate of drug-likeness (QED) is 0.522. The van der Waals surface area contributed by atoms with Gasteiger partial charge in [0.25, 0.3) is 0 Å². The van der Waals surface area contributed by atoms with Crippen molar-refractivity contribution in [1.29, 1.82) is 0 Å². The molecule has 2 nitrogen and oxygen atoms in total. The van der Waals surface area contributed by atoms with Crippen molar-refractivity contribution in [2.45, 2.75) is 6.92 Å². The van der Waals surface area contributed by atoms with Crippen molar-refractivity contribution in [1.82, 2.24) is 0 Å². The van der Waals surface area contributed by atoms with Crippen molar-refractivity contribution in [3.63, 3.8) is 0 Å².